The monoisotopic (exact) mass is 317 g/mol. The van der Waals surface area contributed by atoms with Gasteiger partial charge in [0.2, 0.25) is 5.91 Å². The van der Waals surface area contributed by atoms with E-state index in [0.29, 0.717) is 24.3 Å². The molecule has 5 nitrogen and oxygen atoms in total. The van der Waals surface area contributed by atoms with E-state index in [-0.39, 0.29) is 29.0 Å². The van der Waals surface area contributed by atoms with Crippen LogP contribution in [0.4, 0.5) is 0 Å². The summed E-state index contributed by atoms with van der Waals surface area (Å²) in [6.45, 7) is 5.03. The summed E-state index contributed by atoms with van der Waals surface area (Å²) >= 11 is 0. The molecule has 0 radical (unpaired) electrons. The van der Waals surface area contributed by atoms with Crippen LogP contribution in [0.2, 0.25) is 0 Å². The first kappa shape index (κ1) is 16.0. The van der Waals surface area contributed by atoms with Crippen LogP contribution in [0.3, 0.4) is 0 Å². The molecule has 3 unspecified atom stereocenters. The van der Waals surface area contributed by atoms with Gasteiger partial charge in [-0.05, 0) is 24.5 Å². The van der Waals surface area contributed by atoms with Crippen molar-refractivity contribution in [1.82, 2.24) is 5.32 Å². The van der Waals surface area contributed by atoms with E-state index in [0.717, 1.165) is 13.0 Å². The average Bonchev–Trinajstić information content (AvgIpc) is 2.98. The number of benzene rings is 1. The van der Waals surface area contributed by atoms with Crippen molar-refractivity contribution in [3.8, 4) is 0 Å². The average molecular weight is 317 g/mol. The molecule has 1 amide bonds. The predicted molar refractivity (Wildman–Crippen MR) is 85.3 cm³/mol. The Balaban J connectivity index is 1.58. The van der Waals surface area contributed by atoms with E-state index in [1.807, 2.05) is 0 Å². The molecule has 1 heterocycles. The van der Waals surface area contributed by atoms with Crippen LogP contribution in [0.25, 0.3) is 0 Å². The van der Waals surface area contributed by atoms with Gasteiger partial charge in [-0.15, -0.1) is 0 Å². The van der Waals surface area contributed by atoms with E-state index in [9.17, 15) is 14.7 Å². The van der Waals surface area contributed by atoms with Gasteiger partial charge in [0.25, 0.3) is 0 Å². The van der Waals surface area contributed by atoms with E-state index in [1.54, 1.807) is 24.3 Å². The second kappa shape index (κ2) is 5.96. The maximum absolute atomic E-state index is 12.3. The van der Waals surface area contributed by atoms with Crippen LogP contribution in [-0.2, 0) is 16.0 Å². The Morgan fingerprint density at radius 1 is 1.35 bits per heavy atom. The highest BCUT2D eigenvalue weighted by molar-refractivity contribution is 5.89. The fourth-order valence-electron chi connectivity index (χ4n) is 4.06. The number of carbonyl (C=O) groups excluding carboxylic acids is 1. The number of hydrogen-bond acceptors (Lipinski definition) is 3. The number of nitrogens with one attached hydrogen (secondary N) is 1. The number of carboxylic acid groups (broad SMARTS) is 1. The fraction of sp³-hybridized carbons (Fsp3) is 0.556. The topological polar surface area (TPSA) is 75.6 Å². The Morgan fingerprint density at radius 2 is 2.09 bits per heavy atom. The molecular weight excluding hydrogens is 294 g/mol. The summed E-state index contributed by atoms with van der Waals surface area (Å²) in [5.74, 6) is -0.555. The van der Waals surface area contributed by atoms with Gasteiger partial charge < -0.3 is 15.2 Å². The number of aryl methyl sites for hydroxylation is 1. The fourth-order valence-corrected chi connectivity index (χ4v) is 4.06. The van der Waals surface area contributed by atoms with Crippen LogP contribution in [0.15, 0.2) is 24.3 Å². The van der Waals surface area contributed by atoms with Crippen molar-refractivity contribution in [3.05, 3.63) is 35.4 Å². The van der Waals surface area contributed by atoms with Gasteiger partial charge >= 0.3 is 5.97 Å². The van der Waals surface area contributed by atoms with Crippen LogP contribution in [0.1, 0.15) is 42.6 Å². The summed E-state index contributed by atoms with van der Waals surface area (Å²) in [4.78, 5) is 23.5. The number of rotatable bonds is 5. The molecule has 23 heavy (non-hydrogen) atoms. The molecule has 2 fully saturated rings. The van der Waals surface area contributed by atoms with E-state index < -0.39 is 5.97 Å². The van der Waals surface area contributed by atoms with Crippen LogP contribution >= 0.6 is 0 Å². The molecule has 1 aromatic carbocycles. The highest BCUT2D eigenvalue weighted by Crippen LogP contribution is 2.52. The normalized spacial score (nSPS) is 27.8. The first-order valence-electron chi connectivity index (χ1n) is 8.13. The molecule has 1 aliphatic heterocycles. The van der Waals surface area contributed by atoms with Crippen molar-refractivity contribution < 1.29 is 19.4 Å². The van der Waals surface area contributed by atoms with Crippen molar-refractivity contribution in [2.45, 2.75) is 45.3 Å². The van der Waals surface area contributed by atoms with Gasteiger partial charge in [-0.1, -0.05) is 32.0 Å². The SMILES string of the molecule is CC1(C)C(NC(=O)CCc2ccccc2C(=O)O)C2CCOC21. The molecule has 0 aromatic heterocycles. The third-order valence-electron chi connectivity index (χ3n) is 5.29. The number of fused-ring (bicyclic) bond motifs is 1. The third-order valence-corrected chi connectivity index (χ3v) is 5.29. The van der Waals surface area contributed by atoms with Gasteiger partial charge in [0.1, 0.15) is 0 Å². The molecule has 2 N–H and O–H groups in total. The van der Waals surface area contributed by atoms with Gasteiger partial charge in [0.05, 0.1) is 11.7 Å². The number of hydrogen-bond donors (Lipinski definition) is 2. The van der Waals surface area contributed by atoms with Gasteiger partial charge in [0.15, 0.2) is 0 Å². The number of aromatic carboxylic acids is 1. The summed E-state index contributed by atoms with van der Waals surface area (Å²) in [6, 6.07) is 6.99. The Labute approximate surface area is 136 Å². The van der Waals surface area contributed by atoms with E-state index in [1.165, 1.54) is 0 Å². The Hall–Kier alpha value is -1.88. The maximum atomic E-state index is 12.3. The molecule has 124 valence electrons. The standard InChI is InChI=1S/C18H23NO4/c1-18(2)15(13-9-10-23-16(13)18)19-14(20)8-7-11-5-3-4-6-12(11)17(21)22/h3-6,13,15-16H,7-10H2,1-2H3,(H,19,20)(H,21,22). The first-order valence-corrected chi connectivity index (χ1v) is 8.13. The van der Waals surface area contributed by atoms with Crippen LogP contribution in [-0.4, -0.2) is 35.7 Å². The highest BCUT2D eigenvalue weighted by Gasteiger charge is 2.59. The van der Waals surface area contributed by atoms with Crippen LogP contribution in [0, 0.1) is 11.3 Å². The van der Waals surface area contributed by atoms with Crippen molar-refractivity contribution in [3.63, 3.8) is 0 Å². The summed E-state index contributed by atoms with van der Waals surface area (Å²) in [5, 5.41) is 12.3. The molecule has 0 bridgehead atoms. The molecule has 2 aliphatic rings. The minimum Gasteiger partial charge on any atom is -0.478 e. The lowest BCUT2D eigenvalue weighted by atomic mass is 9.57. The molecule has 1 saturated carbocycles. The number of amides is 1. The summed E-state index contributed by atoms with van der Waals surface area (Å²) in [7, 11) is 0. The van der Waals surface area contributed by atoms with E-state index >= 15 is 0 Å². The minimum atomic E-state index is -0.952. The smallest absolute Gasteiger partial charge is 0.335 e. The number of carbonyl (C=O) groups is 2. The summed E-state index contributed by atoms with van der Waals surface area (Å²) in [5.41, 5.74) is 0.939. The Kier molecular flexibility index (Phi) is 4.15. The largest absolute Gasteiger partial charge is 0.478 e. The van der Waals surface area contributed by atoms with Crippen molar-refractivity contribution in [1.29, 1.82) is 0 Å². The molecule has 0 spiro atoms. The first-order chi connectivity index (χ1) is 10.9. The van der Waals surface area contributed by atoms with Gasteiger partial charge in [0, 0.05) is 30.4 Å². The molecule has 1 saturated heterocycles. The summed E-state index contributed by atoms with van der Waals surface area (Å²) in [6.07, 6.45) is 1.99. The molecule has 3 atom stereocenters. The van der Waals surface area contributed by atoms with Crippen LogP contribution in [0.5, 0.6) is 0 Å². The second-order valence-electron chi connectivity index (χ2n) is 7.07. The lowest BCUT2D eigenvalue weighted by Crippen LogP contribution is -2.66. The molecule has 5 heteroatoms. The molecule has 1 aliphatic carbocycles. The van der Waals surface area contributed by atoms with Gasteiger partial charge in [-0.2, -0.15) is 0 Å². The number of carboxylic acids is 1. The summed E-state index contributed by atoms with van der Waals surface area (Å²) < 4.78 is 5.73. The predicted octanol–water partition coefficient (Wildman–Crippen LogP) is 2.25. The Bertz CT molecular complexity index is 625. The van der Waals surface area contributed by atoms with Crippen molar-refractivity contribution in [2.75, 3.05) is 6.61 Å². The highest BCUT2D eigenvalue weighted by atomic mass is 16.5. The van der Waals surface area contributed by atoms with Crippen molar-refractivity contribution in [2.24, 2.45) is 11.3 Å². The minimum absolute atomic E-state index is 0.0198. The maximum Gasteiger partial charge on any atom is 0.335 e. The lowest BCUT2D eigenvalue weighted by molar-refractivity contribution is -0.137. The third kappa shape index (κ3) is 2.85. The zero-order valence-corrected chi connectivity index (χ0v) is 13.5. The van der Waals surface area contributed by atoms with Gasteiger partial charge in [-0.25, -0.2) is 4.79 Å². The number of ether oxygens (including phenoxy) is 1. The van der Waals surface area contributed by atoms with Gasteiger partial charge in [-0.3, -0.25) is 4.79 Å². The zero-order valence-electron chi connectivity index (χ0n) is 13.5. The Morgan fingerprint density at radius 3 is 2.83 bits per heavy atom. The van der Waals surface area contributed by atoms with E-state index in [2.05, 4.69) is 19.2 Å². The quantitative estimate of drug-likeness (QED) is 0.873. The van der Waals surface area contributed by atoms with E-state index in [4.69, 9.17) is 4.74 Å². The molecule has 1 aromatic rings. The second-order valence-corrected chi connectivity index (χ2v) is 7.07. The molecule has 3 rings (SSSR count). The van der Waals surface area contributed by atoms with Crippen LogP contribution < -0.4 is 5.32 Å². The van der Waals surface area contributed by atoms with Crippen molar-refractivity contribution >= 4 is 11.9 Å². The molecular formula is C18H23NO4. The lowest BCUT2D eigenvalue weighted by Gasteiger charge is -2.54. The zero-order chi connectivity index (χ0) is 16.6.